The Kier molecular flexibility index (Phi) is 4.20. The molecule has 0 aliphatic heterocycles. The third kappa shape index (κ3) is 3.23. The third-order valence-electron chi connectivity index (χ3n) is 3.72. The number of alkyl halides is 3. The Balaban J connectivity index is 2.01. The summed E-state index contributed by atoms with van der Waals surface area (Å²) in [7, 11) is 0. The normalized spacial score (nSPS) is 15.8. The number of halogens is 3. The van der Waals surface area contributed by atoms with Gasteiger partial charge in [0.2, 0.25) is 0 Å². The van der Waals surface area contributed by atoms with Crippen LogP contribution in [0.1, 0.15) is 41.6 Å². The lowest BCUT2D eigenvalue weighted by atomic mass is 9.83. The minimum atomic E-state index is -4.55. The second-order valence-electron chi connectivity index (χ2n) is 5.11. The maximum Gasteiger partial charge on any atom is 0.418 e. The van der Waals surface area contributed by atoms with E-state index in [1.807, 2.05) is 0 Å². The van der Waals surface area contributed by atoms with Crippen molar-refractivity contribution in [3.8, 4) is 0 Å². The van der Waals surface area contributed by atoms with Gasteiger partial charge < -0.3 is 11.1 Å². The number of para-hydroxylation sites is 1. The molecule has 0 unspecified atom stereocenters. The highest BCUT2D eigenvalue weighted by atomic mass is 19.4. The number of nitrogen functional groups attached to an aromatic ring is 1. The Labute approximate surface area is 115 Å². The number of hydrogen-bond acceptors (Lipinski definition) is 2. The van der Waals surface area contributed by atoms with Crippen LogP contribution in [0.15, 0.2) is 18.2 Å². The highest BCUT2D eigenvalue weighted by Crippen LogP contribution is 2.35. The predicted octanol–water partition coefficient (Wildman–Crippen LogP) is 3.21. The molecular weight excluding hydrogens is 269 g/mol. The smallest absolute Gasteiger partial charge is 0.398 e. The number of nitrogens with one attached hydrogen (secondary N) is 1. The number of carbonyl (C=O) groups is 1. The SMILES string of the molecule is Nc1c(C(=O)NCCC2CCC2)cccc1C(F)(F)F. The summed E-state index contributed by atoms with van der Waals surface area (Å²) in [6.45, 7) is 0.471. The zero-order valence-electron chi connectivity index (χ0n) is 11.0. The molecule has 0 radical (unpaired) electrons. The number of amides is 1. The van der Waals surface area contributed by atoms with Crippen LogP contribution in [-0.4, -0.2) is 12.5 Å². The molecule has 0 bridgehead atoms. The Morgan fingerprint density at radius 1 is 1.35 bits per heavy atom. The van der Waals surface area contributed by atoms with Crippen molar-refractivity contribution in [3.63, 3.8) is 0 Å². The van der Waals surface area contributed by atoms with Crippen LogP contribution < -0.4 is 11.1 Å². The lowest BCUT2D eigenvalue weighted by molar-refractivity contribution is -0.136. The molecule has 1 fully saturated rings. The average molecular weight is 286 g/mol. The van der Waals surface area contributed by atoms with E-state index in [9.17, 15) is 18.0 Å². The van der Waals surface area contributed by atoms with Crippen LogP contribution in [0.25, 0.3) is 0 Å². The molecule has 3 nitrogen and oxygen atoms in total. The molecule has 2 rings (SSSR count). The monoisotopic (exact) mass is 286 g/mol. The number of rotatable bonds is 4. The summed E-state index contributed by atoms with van der Waals surface area (Å²) >= 11 is 0. The van der Waals surface area contributed by atoms with Gasteiger partial charge in [0, 0.05) is 6.54 Å². The van der Waals surface area contributed by atoms with Gasteiger partial charge in [0.1, 0.15) is 0 Å². The molecule has 6 heteroatoms. The van der Waals surface area contributed by atoms with E-state index in [1.54, 1.807) is 0 Å². The number of anilines is 1. The summed E-state index contributed by atoms with van der Waals surface area (Å²) in [5.41, 5.74) is 3.86. The van der Waals surface area contributed by atoms with Crippen molar-refractivity contribution in [2.24, 2.45) is 5.92 Å². The zero-order chi connectivity index (χ0) is 14.8. The highest BCUT2D eigenvalue weighted by molar-refractivity contribution is 5.99. The van der Waals surface area contributed by atoms with E-state index in [-0.39, 0.29) is 5.56 Å². The first-order valence-corrected chi connectivity index (χ1v) is 6.63. The molecule has 20 heavy (non-hydrogen) atoms. The van der Waals surface area contributed by atoms with Crippen LogP contribution in [0.5, 0.6) is 0 Å². The van der Waals surface area contributed by atoms with E-state index in [4.69, 9.17) is 5.73 Å². The van der Waals surface area contributed by atoms with Crippen LogP contribution in [0.2, 0.25) is 0 Å². The Hall–Kier alpha value is -1.72. The third-order valence-corrected chi connectivity index (χ3v) is 3.72. The fraction of sp³-hybridized carbons (Fsp3) is 0.500. The number of nitrogens with two attached hydrogens (primary N) is 1. The number of carbonyl (C=O) groups excluding carboxylic acids is 1. The van der Waals surface area contributed by atoms with Crippen molar-refractivity contribution < 1.29 is 18.0 Å². The summed E-state index contributed by atoms with van der Waals surface area (Å²) in [6, 6.07) is 3.38. The van der Waals surface area contributed by atoms with Crippen molar-refractivity contribution in [2.75, 3.05) is 12.3 Å². The summed E-state index contributed by atoms with van der Waals surface area (Å²) < 4.78 is 38.1. The lowest BCUT2D eigenvalue weighted by Gasteiger charge is -2.25. The van der Waals surface area contributed by atoms with E-state index in [2.05, 4.69) is 5.32 Å². The molecule has 1 aromatic rings. The molecule has 110 valence electrons. The average Bonchev–Trinajstić information content (AvgIpc) is 2.30. The molecule has 0 atom stereocenters. The molecule has 0 saturated heterocycles. The number of hydrogen-bond donors (Lipinski definition) is 2. The molecule has 1 aromatic carbocycles. The van der Waals surface area contributed by atoms with Crippen molar-refractivity contribution >= 4 is 11.6 Å². The van der Waals surface area contributed by atoms with Gasteiger partial charge in [-0.15, -0.1) is 0 Å². The van der Waals surface area contributed by atoms with Gasteiger partial charge in [-0.3, -0.25) is 4.79 Å². The molecule has 3 N–H and O–H groups in total. The van der Waals surface area contributed by atoms with Crippen molar-refractivity contribution in [3.05, 3.63) is 29.3 Å². The van der Waals surface area contributed by atoms with Gasteiger partial charge >= 0.3 is 6.18 Å². The summed E-state index contributed by atoms with van der Waals surface area (Å²) in [5.74, 6) is 0.0853. The zero-order valence-corrected chi connectivity index (χ0v) is 11.0. The molecule has 0 spiro atoms. The highest BCUT2D eigenvalue weighted by Gasteiger charge is 2.34. The van der Waals surface area contributed by atoms with E-state index >= 15 is 0 Å². The quantitative estimate of drug-likeness (QED) is 0.835. The predicted molar refractivity (Wildman–Crippen MR) is 70.1 cm³/mol. The van der Waals surface area contributed by atoms with Crippen LogP contribution >= 0.6 is 0 Å². The summed E-state index contributed by atoms with van der Waals surface area (Å²) in [5, 5.41) is 2.63. The van der Waals surface area contributed by atoms with Gasteiger partial charge in [-0.2, -0.15) is 13.2 Å². The fourth-order valence-corrected chi connectivity index (χ4v) is 2.28. The maximum atomic E-state index is 12.7. The molecule has 1 amide bonds. The van der Waals surface area contributed by atoms with Crippen LogP contribution in [0, 0.1) is 5.92 Å². The van der Waals surface area contributed by atoms with Crippen molar-refractivity contribution in [1.82, 2.24) is 5.32 Å². The molecular formula is C14H17F3N2O. The first-order valence-electron chi connectivity index (χ1n) is 6.63. The van der Waals surface area contributed by atoms with E-state index < -0.39 is 23.3 Å². The fourth-order valence-electron chi connectivity index (χ4n) is 2.28. The number of benzene rings is 1. The summed E-state index contributed by atoms with van der Waals surface area (Å²) in [6.07, 6.45) is -0.126. The first kappa shape index (κ1) is 14.7. The molecule has 1 aliphatic carbocycles. The Morgan fingerprint density at radius 2 is 2.05 bits per heavy atom. The molecule has 1 saturated carbocycles. The van der Waals surface area contributed by atoms with E-state index in [1.165, 1.54) is 31.4 Å². The molecule has 0 heterocycles. The second-order valence-corrected chi connectivity index (χ2v) is 5.11. The second kappa shape index (κ2) is 5.73. The van der Waals surface area contributed by atoms with Gasteiger partial charge in [0.05, 0.1) is 16.8 Å². The van der Waals surface area contributed by atoms with E-state index in [0.717, 1.165) is 12.5 Å². The van der Waals surface area contributed by atoms with Gasteiger partial charge in [-0.25, -0.2) is 0 Å². The van der Waals surface area contributed by atoms with Crippen molar-refractivity contribution in [2.45, 2.75) is 31.9 Å². The standard InChI is InChI=1S/C14H17F3N2O/c15-14(16,17)11-6-2-5-10(12(11)18)13(20)19-8-7-9-3-1-4-9/h2,5-6,9H,1,3-4,7-8,18H2,(H,19,20). The van der Waals surface area contributed by atoms with Gasteiger partial charge in [0.25, 0.3) is 5.91 Å². The first-order chi connectivity index (χ1) is 9.39. The topological polar surface area (TPSA) is 55.1 Å². The minimum absolute atomic E-state index is 0.117. The van der Waals surface area contributed by atoms with Crippen LogP contribution in [-0.2, 0) is 6.18 Å². The maximum absolute atomic E-state index is 12.7. The minimum Gasteiger partial charge on any atom is -0.398 e. The van der Waals surface area contributed by atoms with E-state index in [0.29, 0.717) is 12.5 Å². The Bertz CT molecular complexity index is 496. The van der Waals surface area contributed by atoms with Gasteiger partial charge in [-0.05, 0) is 24.5 Å². The van der Waals surface area contributed by atoms with Crippen LogP contribution in [0.4, 0.5) is 18.9 Å². The van der Waals surface area contributed by atoms with Gasteiger partial charge in [0.15, 0.2) is 0 Å². The van der Waals surface area contributed by atoms with Gasteiger partial charge in [-0.1, -0.05) is 25.3 Å². The molecule has 0 aromatic heterocycles. The lowest BCUT2D eigenvalue weighted by Crippen LogP contribution is -2.28. The Morgan fingerprint density at radius 3 is 2.60 bits per heavy atom. The van der Waals surface area contributed by atoms with Crippen molar-refractivity contribution in [1.29, 1.82) is 0 Å². The molecule has 1 aliphatic rings. The summed E-state index contributed by atoms with van der Waals surface area (Å²) in [4.78, 5) is 11.9. The van der Waals surface area contributed by atoms with Crippen LogP contribution in [0.3, 0.4) is 0 Å². The largest absolute Gasteiger partial charge is 0.418 e.